The van der Waals surface area contributed by atoms with Crippen LogP contribution in [-0.2, 0) is 0 Å². The van der Waals surface area contributed by atoms with E-state index in [1.165, 1.54) is 61.2 Å². The molecular weight excluding hydrogens is 433 g/mol. The maximum atomic E-state index is 2.39. The number of benzene rings is 4. The number of rotatable bonds is 2. The second-order valence-corrected chi connectivity index (χ2v) is 11.2. The largest absolute Gasteiger partial charge is 0.135 e. The van der Waals surface area contributed by atoms with Crippen molar-refractivity contribution in [1.82, 2.24) is 0 Å². The summed E-state index contributed by atoms with van der Waals surface area (Å²) in [6.45, 7) is 0. The van der Waals surface area contributed by atoms with Gasteiger partial charge < -0.3 is 0 Å². The van der Waals surface area contributed by atoms with Gasteiger partial charge in [0.25, 0.3) is 0 Å². The average molecular weight is 449 g/mol. The molecule has 0 fully saturated rings. The fourth-order valence-corrected chi connectivity index (χ4v) is 8.19. The first-order valence-corrected chi connectivity index (χ1v) is 12.7. The predicted octanol–water partition coefficient (Wildman–Crippen LogP) is 9.82. The maximum Gasteiger partial charge on any atom is 0.0884 e. The number of fused-ring (bicyclic) bond motifs is 7. The highest BCUT2D eigenvalue weighted by Crippen LogP contribution is 2.47. The third kappa shape index (κ3) is 2.71. The lowest BCUT2D eigenvalue weighted by atomic mass is 10.0. The molecule has 3 aromatic heterocycles. The highest BCUT2D eigenvalue weighted by Gasteiger charge is 2.15. The third-order valence-electron chi connectivity index (χ3n) is 5.93. The normalized spacial score (nSPS) is 11.9. The van der Waals surface area contributed by atoms with E-state index in [0.29, 0.717) is 0 Å². The van der Waals surface area contributed by atoms with Crippen molar-refractivity contribution in [2.45, 2.75) is 0 Å². The van der Waals surface area contributed by atoms with Gasteiger partial charge in [0.15, 0.2) is 0 Å². The van der Waals surface area contributed by atoms with Gasteiger partial charge in [-0.15, -0.1) is 34.0 Å². The minimum atomic E-state index is 1.29. The molecule has 0 unspecified atom stereocenters. The molecule has 0 amide bonds. The van der Waals surface area contributed by atoms with Crippen LogP contribution in [0.3, 0.4) is 0 Å². The van der Waals surface area contributed by atoms with Crippen molar-refractivity contribution >= 4 is 74.4 Å². The van der Waals surface area contributed by atoms with E-state index < -0.39 is 0 Å². The molecule has 7 aromatic rings. The van der Waals surface area contributed by atoms with Gasteiger partial charge in [-0.3, -0.25) is 0 Å². The van der Waals surface area contributed by atoms with Gasteiger partial charge in [-0.05, 0) is 40.1 Å². The van der Waals surface area contributed by atoms with E-state index in [-0.39, 0.29) is 0 Å². The SMILES string of the molecule is c1ccc(-c2cc3c(s2)sc2ccc4c(ccc5cc(-c6ccccc6)sc54)c23)cc1. The van der Waals surface area contributed by atoms with E-state index in [1.54, 1.807) is 0 Å². The van der Waals surface area contributed by atoms with Crippen LogP contribution in [0.5, 0.6) is 0 Å². The monoisotopic (exact) mass is 448 g/mol. The number of thiophene rings is 3. The van der Waals surface area contributed by atoms with Gasteiger partial charge >= 0.3 is 0 Å². The molecule has 0 N–H and O–H groups in total. The van der Waals surface area contributed by atoms with Gasteiger partial charge in [0.1, 0.15) is 0 Å². The maximum absolute atomic E-state index is 2.39. The van der Waals surface area contributed by atoms with E-state index in [9.17, 15) is 0 Å². The summed E-state index contributed by atoms with van der Waals surface area (Å²) in [6.07, 6.45) is 0. The summed E-state index contributed by atoms with van der Waals surface area (Å²) in [5.74, 6) is 0. The van der Waals surface area contributed by atoms with E-state index in [4.69, 9.17) is 0 Å². The molecular formula is C28H16S3. The lowest BCUT2D eigenvalue weighted by Gasteiger charge is -2.02. The van der Waals surface area contributed by atoms with Crippen molar-refractivity contribution in [3.05, 3.63) is 97.1 Å². The highest BCUT2D eigenvalue weighted by molar-refractivity contribution is 7.43. The highest BCUT2D eigenvalue weighted by atomic mass is 32.2. The lowest BCUT2D eigenvalue weighted by molar-refractivity contribution is 1.70. The molecule has 7 rings (SSSR count). The molecule has 0 spiro atoms. The van der Waals surface area contributed by atoms with Gasteiger partial charge in [-0.2, -0.15) is 0 Å². The summed E-state index contributed by atoms with van der Waals surface area (Å²) in [7, 11) is 0. The first-order valence-electron chi connectivity index (χ1n) is 10.3. The Balaban J connectivity index is 1.50. The Labute approximate surface area is 191 Å². The molecule has 0 radical (unpaired) electrons. The number of hydrogen-bond donors (Lipinski definition) is 0. The zero-order valence-corrected chi connectivity index (χ0v) is 18.9. The topological polar surface area (TPSA) is 0 Å². The van der Waals surface area contributed by atoms with Crippen molar-refractivity contribution < 1.29 is 0 Å². The summed E-state index contributed by atoms with van der Waals surface area (Å²) < 4.78 is 4.18. The molecule has 0 nitrogen and oxygen atoms in total. The first kappa shape index (κ1) is 17.7. The van der Waals surface area contributed by atoms with Crippen molar-refractivity contribution in [3.63, 3.8) is 0 Å². The minimum absolute atomic E-state index is 1.29. The Bertz CT molecular complexity index is 1710. The van der Waals surface area contributed by atoms with Gasteiger partial charge in [0.05, 0.1) is 4.01 Å². The lowest BCUT2D eigenvalue weighted by Crippen LogP contribution is -1.74. The molecule has 3 heteroatoms. The van der Waals surface area contributed by atoms with Crippen molar-refractivity contribution in [2.75, 3.05) is 0 Å². The van der Waals surface area contributed by atoms with Crippen LogP contribution >= 0.6 is 34.0 Å². The Morgan fingerprint density at radius 3 is 1.90 bits per heavy atom. The molecule has 0 saturated heterocycles. The molecule has 4 aromatic carbocycles. The molecule has 0 aliphatic rings. The van der Waals surface area contributed by atoms with Gasteiger partial charge in [0, 0.05) is 35.3 Å². The van der Waals surface area contributed by atoms with Crippen LogP contribution in [0.4, 0.5) is 0 Å². The fraction of sp³-hybridized carbons (Fsp3) is 0. The smallest absolute Gasteiger partial charge is 0.0884 e. The molecule has 0 saturated carbocycles. The Kier molecular flexibility index (Phi) is 3.85. The van der Waals surface area contributed by atoms with Crippen LogP contribution in [-0.4, -0.2) is 0 Å². The zero-order valence-electron chi connectivity index (χ0n) is 16.5. The molecule has 31 heavy (non-hydrogen) atoms. The molecule has 0 aliphatic carbocycles. The van der Waals surface area contributed by atoms with Gasteiger partial charge in [0.2, 0.25) is 0 Å². The fourth-order valence-electron chi connectivity index (χ4n) is 4.46. The van der Waals surface area contributed by atoms with Gasteiger partial charge in [-0.25, -0.2) is 0 Å². The predicted molar refractivity (Wildman–Crippen MR) is 141 cm³/mol. The van der Waals surface area contributed by atoms with Crippen molar-refractivity contribution in [2.24, 2.45) is 0 Å². The molecule has 0 aliphatic heterocycles. The van der Waals surface area contributed by atoms with Crippen molar-refractivity contribution in [3.8, 4) is 20.9 Å². The average Bonchev–Trinajstić information content (AvgIpc) is 3.52. The quantitative estimate of drug-likeness (QED) is 0.247. The van der Waals surface area contributed by atoms with E-state index in [1.807, 2.05) is 34.0 Å². The van der Waals surface area contributed by atoms with Crippen molar-refractivity contribution in [1.29, 1.82) is 0 Å². The van der Waals surface area contributed by atoms with Crippen LogP contribution in [0.2, 0.25) is 0 Å². The number of hydrogen-bond acceptors (Lipinski definition) is 3. The Morgan fingerprint density at radius 2 is 1.16 bits per heavy atom. The van der Waals surface area contributed by atoms with Crippen LogP contribution in [0.15, 0.2) is 97.1 Å². The summed E-state index contributed by atoms with van der Waals surface area (Å²) in [6, 6.07) is 35.4. The summed E-state index contributed by atoms with van der Waals surface area (Å²) in [4.78, 5) is 2.69. The summed E-state index contributed by atoms with van der Waals surface area (Å²) >= 11 is 5.74. The second kappa shape index (κ2) is 6.76. The summed E-state index contributed by atoms with van der Waals surface area (Å²) in [5.41, 5.74) is 2.60. The second-order valence-electron chi connectivity index (χ2n) is 7.77. The van der Waals surface area contributed by atoms with E-state index >= 15 is 0 Å². The van der Waals surface area contributed by atoms with Crippen LogP contribution in [0.1, 0.15) is 0 Å². The van der Waals surface area contributed by atoms with Crippen LogP contribution in [0, 0.1) is 0 Å². The minimum Gasteiger partial charge on any atom is -0.135 e. The standard InChI is InChI=1S/C28H16S3/c1-3-7-17(8-4-1)24-15-19-11-12-20-21(27(19)29-24)13-14-23-26(20)22-16-25(31-28(22)30-23)18-9-5-2-6-10-18/h1-16H. The van der Waals surface area contributed by atoms with Gasteiger partial charge in [-0.1, -0.05) is 78.9 Å². The van der Waals surface area contributed by atoms with E-state index in [0.717, 1.165) is 0 Å². The van der Waals surface area contributed by atoms with Crippen LogP contribution < -0.4 is 0 Å². The van der Waals surface area contributed by atoms with Crippen LogP contribution in [0.25, 0.3) is 61.2 Å². The Hall–Kier alpha value is -2.98. The molecule has 3 heterocycles. The van der Waals surface area contributed by atoms with E-state index in [2.05, 4.69) is 97.1 Å². The first-order chi connectivity index (χ1) is 15.3. The molecule has 0 atom stereocenters. The third-order valence-corrected chi connectivity index (χ3v) is 9.61. The zero-order chi connectivity index (χ0) is 20.4. The Morgan fingerprint density at radius 1 is 0.484 bits per heavy atom. The molecule has 146 valence electrons. The summed E-state index contributed by atoms with van der Waals surface area (Å²) in [5, 5.41) is 6.87. The molecule has 0 bridgehead atoms.